The number of hydrogen-bond acceptors (Lipinski definition) is 2. The summed E-state index contributed by atoms with van der Waals surface area (Å²) >= 11 is 5.56. The number of hydrogen-bond donors (Lipinski definition) is 2. The summed E-state index contributed by atoms with van der Waals surface area (Å²) < 4.78 is 13.0. The van der Waals surface area contributed by atoms with E-state index in [9.17, 15) is 9.50 Å². The van der Waals surface area contributed by atoms with Crippen LogP contribution in [0, 0.1) is 0 Å². The molecule has 4 heteroatoms. The van der Waals surface area contributed by atoms with Crippen molar-refractivity contribution < 1.29 is 9.50 Å². The van der Waals surface area contributed by atoms with E-state index in [1.807, 2.05) is 0 Å². The van der Waals surface area contributed by atoms with E-state index < -0.39 is 6.17 Å². The lowest BCUT2D eigenvalue weighted by Crippen LogP contribution is -2.07. The molecule has 12 heavy (non-hydrogen) atoms. The Morgan fingerprint density at radius 1 is 1.58 bits per heavy atom. The molecular formula is C8H9ClFNO. The van der Waals surface area contributed by atoms with Crippen molar-refractivity contribution in [2.24, 2.45) is 5.73 Å². The molecule has 1 unspecified atom stereocenters. The van der Waals surface area contributed by atoms with Crippen molar-refractivity contribution in [1.29, 1.82) is 0 Å². The van der Waals surface area contributed by atoms with Gasteiger partial charge in [-0.15, -0.1) is 0 Å². The first-order chi connectivity index (χ1) is 5.66. The molecule has 3 N–H and O–H groups in total. The molecule has 1 rings (SSSR count). The van der Waals surface area contributed by atoms with Crippen LogP contribution < -0.4 is 5.73 Å². The van der Waals surface area contributed by atoms with E-state index in [1.165, 1.54) is 12.1 Å². The zero-order chi connectivity index (χ0) is 9.14. The Kier molecular flexibility index (Phi) is 2.89. The van der Waals surface area contributed by atoms with Crippen LogP contribution in [-0.4, -0.2) is 11.7 Å². The zero-order valence-electron chi connectivity index (χ0n) is 6.30. The summed E-state index contributed by atoms with van der Waals surface area (Å²) in [4.78, 5) is 0. The average molecular weight is 190 g/mol. The van der Waals surface area contributed by atoms with Crippen molar-refractivity contribution in [3.05, 3.63) is 28.8 Å². The van der Waals surface area contributed by atoms with Gasteiger partial charge in [-0.1, -0.05) is 23.7 Å². The molecule has 0 fully saturated rings. The van der Waals surface area contributed by atoms with Gasteiger partial charge in [-0.3, -0.25) is 0 Å². The third kappa shape index (κ3) is 1.68. The van der Waals surface area contributed by atoms with Crippen LogP contribution in [0.1, 0.15) is 11.7 Å². The Labute approximate surface area is 74.8 Å². The molecule has 2 nitrogen and oxygen atoms in total. The van der Waals surface area contributed by atoms with Crippen LogP contribution in [-0.2, 0) is 0 Å². The van der Waals surface area contributed by atoms with Gasteiger partial charge in [0, 0.05) is 12.1 Å². The minimum Gasteiger partial charge on any atom is -0.506 e. The van der Waals surface area contributed by atoms with Gasteiger partial charge in [0.2, 0.25) is 0 Å². The Hall–Kier alpha value is -0.800. The van der Waals surface area contributed by atoms with Gasteiger partial charge in [0.15, 0.2) is 0 Å². The van der Waals surface area contributed by atoms with Crippen LogP contribution >= 0.6 is 11.6 Å². The lowest BCUT2D eigenvalue weighted by molar-refractivity contribution is 0.338. The van der Waals surface area contributed by atoms with Gasteiger partial charge in [-0.2, -0.15) is 0 Å². The molecule has 1 aromatic rings. The van der Waals surface area contributed by atoms with Crippen molar-refractivity contribution in [2.75, 3.05) is 6.54 Å². The molecule has 0 aliphatic carbocycles. The highest BCUT2D eigenvalue weighted by Crippen LogP contribution is 2.32. The van der Waals surface area contributed by atoms with E-state index in [0.29, 0.717) is 0 Å². The normalized spacial score (nSPS) is 12.9. The fourth-order valence-electron chi connectivity index (χ4n) is 0.912. The third-order valence-electron chi connectivity index (χ3n) is 1.56. The highest BCUT2D eigenvalue weighted by molar-refractivity contribution is 6.32. The Morgan fingerprint density at radius 3 is 2.83 bits per heavy atom. The van der Waals surface area contributed by atoms with Crippen molar-refractivity contribution in [2.45, 2.75) is 6.17 Å². The van der Waals surface area contributed by atoms with E-state index in [0.717, 1.165) is 0 Å². The van der Waals surface area contributed by atoms with Crippen LogP contribution in [0.4, 0.5) is 4.39 Å². The Balaban J connectivity index is 3.07. The molecule has 1 atom stereocenters. The highest BCUT2D eigenvalue weighted by Gasteiger charge is 2.13. The van der Waals surface area contributed by atoms with E-state index in [-0.39, 0.29) is 22.9 Å². The van der Waals surface area contributed by atoms with Crippen molar-refractivity contribution in [3.8, 4) is 5.75 Å². The molecule has 0 saturated heterocycles. The fourth-order valence-corrected chi connectivity index (χ4v) is 1.09. The molecular weight excluding hydrogens is 181 g/mol. The van der Waals surface area contributed by atoms with Gasteiger partial charge in [0.05, 0.1) is 5.02 Å². The van der Waals surface area contributed by atoms with E-state index in [2.05, 4.69) is 0 Å². The summed E-state index contributed by atoms with van der Waals surface area (Å²) in [5.41, 5.74) is 5.24. The number of halogens is 2. The van der Waals surface area contributed by atoms with Crippen molar-refractivity contribution in [1.82, 2.24) is 0 Å². The fraction of sp³-hybridized carbons (Fsp3) is 0.250. The molecule has 0 aromatic heterocycles. The Bertz CT molecular complexity index is 280. The van der Waals surface area contributed by atoms with Crippen LogP contribution in [0.2, 0.25) is 5.02 Å². The molecule has 0 heterocycles. The summed E-state index contributed by atoms with van der Waals surface area (Å²) in [7, 11) is 0. The first-order valence-corrected chi connectivity index (χ1v) is 3.86. The summed E-state index contributed by atoms with van der Waals surface area (Å²) in [6, 6.07) is 4.52. The van der Waals surface area contributed by atoms with Crippen LogP contribution in [0.3, 0.4) is 0 Å². The predicted molar refractivity (Wildman–Crippen MR) is 46.0 cm³/mol. The standard InChI is InChI=1S/C8H9ClFNO/c9-6-3-1-2-5(8(6)12)7(10)4-11/h1-3,7,12H,4,11H2. The molecule has 66 valence electrons. The maximum absolute atomic E-state index is 13.0. The smallest absolute Gasteiger partial charge is 0.141 e. The number of benzene rings is 1. The first kappa shape index (κ1) is 9.29. The Morgan fingerprint density at radius 2 is 2.25 bits per heavy atom. The van der Waals surface area contributed by atoms with Gasteiger partial charge < -0.3 is 10.8 Å². The van der Waals surface area contributed by atoms with Gasteiger partial charge in [0.1, 0.15) is 11.9 Å². The maximum Gasteiger partial charge on any atom is 0.141 e. The van der Waals surface area contributed by atoms with Crippen LogP contribution in [0.5, 0.6) is 5.75 Å². The van der Waals surface area contributed by atoms with E-state index in [1.54, 1.807) is 6.07 Å². The first-order valence-electron chi connectivity index (χ1n) is 3.48. The number of aromatic hydroxyl groups is 1. The molecule has 0 bridgehead atoms. The van der Waals surface area contributed by atoms with E-state index >= 15 is 0 Å². The van der Waals surface area contributed by atoms with Crippen LogP contribution in [0.15, 0.2) is 18.2 Å². The number of nitrogens with two attached hydrogens (primary N) is 1. The number of rotatable bonds is 2. The number of para-hydroxylation sites is 1. The molecule has 0 aliphatic rings. The number of phenolic OH excluding ortho intramolecular Hbond substituents is 1. The summed E-state index contributed by atoms with van der Waals surface area (Å²) in [5, 5.41) is 9.41. The highest BCUT2D eigenvalue weighted by atomic mass is 35.5. The predicted octanol–water partition coefficient (Wildman–Crippen LogP) is 2.01. The molecule has 0 spiro atoms. The van der Waals surface area contributed by atoms with Crippen molar-refractivity contribution >= 4 is 11.6 Å². The van der Waals surface area contributed by atoms with Gasteiger partial charge in [-0.25, -0.2) is 4.39 Å². The lowest BCUT2D eigenvalue weighted by atomic mass is 10.1. The zero-order valence-corrected chi connectivity index (χ0v) is 7.05. The second-order valence-electron chi connectivity index (χ2n) is 2.38. The quantitative estimate of drug-likeness (QED) is 0.748. The minimum absolute atomic E-state index is 0.142. The summed E-state index contributed by atoms with van der Waals surface area (Å²) in [6.07, 6.45) is -1.36. The average Bonchev–Trinajstić information content (AvgIpc) is 2.08. The molecule has 0 amide bonds. The summed E-state index contributed by atoms with van der Waals surface area (Å²) in [6.45, 7) is -0.159. The van der Waals surface area contributed by atoms with E-state index in [4.69, 9.17) is 17.3 Å². The molecule has 0 saturated carbocycles. The summed E-state index contributed by atoms with van der Waals surface area (Å²) in [5.74, 6) is -0.225. The topological polar surface area (TPSA) is 46.2 Å². The monoisotopic (exact) mass is 189 g/mol. The van der Waals surface area contributed by atoms with Crippen molar-refractivity contribution in [3.63, 3.8) is 0 Å². The lowest BCUT2D eigenvalue weighted by Gasteiger charge is -2.08. The SMILES string of the molecule is NCC(F)c1cccc(Cl)c1O. The van der Waals surface area contributed by atoms with Crippen LogP contribution in [0.25, 0.3) is 0 Å². The second-order valence-corrected chi connectivity index (χ2v) is 2.79. The molecule has 0 radical (unpaired) electrons. The number of phenols is 1. The minimum atomic E-state index is -1.36. The molecule has 1 aromatic carbocycles. The number of alkyl halides is 1. The second kappa shape index (κ2) is 3.74. The maximum atomic E-state index is 13.0. The van der Waals surface area contributed by atoms with Gasteiger partial charge in [0.25, 0.3) is 0 Å². The molecule has 0 aliphatic heterocycles. The third-order valence-corrected chi connectivity index (χ3v) is 1.87. The van der Waals surface area contributed by atoms with Gasteiger partial charge in [-0.05, 0) is 6.07 Å². The van der Waals surface area contributed by atoms with Gasteiger partial charge >= 0.3 is 0 Å². The largest absolute Gasteiger partial charge is 0.506 e.